The van der Waals surface area contributed by atoms with E-state index in [1.165, 1.54) is 18.2 Å². The van der Waals surface area contributed by atoms with Gasteiger partial charge >= 0.3 is 0 Å². The lowest BCUT2D eigenvalue weighted by Crippen LogP contribution is -2.30. The summed E-state index contributed by atoms with van der Waals surface area (Å²) in [5.41, 5.74) is 0.0749. The summed E-state index contributed by atoms with van der Waals surface area (Å²) in [6.45, 7) is 2.92. The summed E-state index contributed by atoms with van der Waals surface area (Å²) in [5, 5.41) is 1.96. The summed E-state index contributed by atoms with van der Waals surface area (Å²) in [4.78, 5) is 15.6. The van der Waals surface area contributed by atoms with Crippen molar-refractivity contribution in [3.63, 3.8) is 0 Å². The van der Waals surface area contributed by atoms with E-state index in [0.29, 0.717) is 18.0 Å². The average Bonchev–Trinajstić information content (AvgIpc) is 2.91. The van der Waals surface area contributed by atoms with Gasteiger partial charge in [0.1, 0.15) is 5.82 Å². The van der Waals surface area contributed by atoms with Gasteiger partial charge in [0.2, 0.25) is 0 Å². The number of rotatable bonds is 4. The van der Waals surface area contributed by atoms with E-state index in [1.54, 1.807) is 16.2 Å². The Kier molecular flexibility index (Phi) is 4.61. The number of carbonyl (C=O) groups excluding carboxylic acids is 1. The van der Waals surface area contributed by atoms with Crippen molar-refractivity contribution in [2.75, 3.05) is 6.54 Å². The molecule has 1 aromatic carbocycles. The molecule has 1 aromatic heterocycles. The van der Waals surface area contributed by atoms with Crippen LogP contribution in [-0.4, -0.2) is 17.4 Å². The van der Waals surface area contributed by atoms with Gasteiger partial charge in [-0.1, -0.05) is 6.07 Å². The van der Waals surface area contributed by atoms with Crippen LogP contribution in [0.5, 0.6) is 0 Å². The van der Waals surface area contributed by atoms with E-state index >= 15 is 0 Å². The normalized spacial score (nSPS) is 10.5. The molecule has 2 nitrogen and oxygen atoms in total. The minimum atomic E-state index is -0.507. The Balaban J connectivity index is 2.23. The van der Waals surface area contributed by atoms with Crippen molar-refractivity contribution in [2.45, 2.75) is 18.4 Å². The Bertz CT molecular complexity index is 569. The van der Waals surface area contributed by atoms with Crippen LogP contribution in [-0.2, 0) is 6.54 Å². The van der Waals surface area contributed by atoms with E-state index in [-0.39, 0.29) is 11.5 Å². The predicted octanol–water partition coefficient (Wildman–Crippen LogP) is 3.84. The van der Waals surface area contributed by atoms with Crippen molar-refractivity contribution in [1.29, 1.82) is 0 Å². The molecule has 100 valence electrons. The SMILES string of the molecule is CCN(Cc1cccs1)C(=O)c1cc(S)ccc1F. The molecule has 2 aromatic rings. The maximum Gasteiger partial charge on any atom is 0.257 e. The maximum absolute atomic E-state index is 13.7. The lowest BCUT2D eigenvalue weighted by molar-refractivity contribution is 0.0749. The summed E-state index contributed by atoms with van der Waals surface area (Å²) in [6, 6.07) is 8.18. The Morgan fingerprint density at radius 2 is 2.21 bits per heavy atom. The third kappa shape index (κ3) is 3.36. The van der Waals surface area contributed by atoms with Crippen LogP contribution >= 0.6 is 24.0 Å². The first kappa shape index (κ1) is 14.1. The van der Waals surface area contributed by atoms with Crippen molar-refractivity contribution in [3.05, 3.63) is 52.0 Å². The average molecular weight is 295 g/mol. The smallest absolute Gasteiger partial charge is 0.257 e. The largest absolute Gasteiger partial charge is 0.334 e. The van der Waals surface area contributed by atoms with Gasteiger partial charge in [-0.2, -0.15) is 0 Å². The van der Waals surface area contributed by atoms with E-state index in [0.717, 1.165) is 4.88 Å². The molecule has 0 aliphatic carbocycles. The number of hydrogen-bond donors (Lipinski definition) is 1. The summed E-state index contributed by atoms with van der Waals surface area (Å²) < 4.78 is 13.7. The molecular formula is C14H14FNOS2. The summed E-state index contributed by atoms with van der Waals surface area (Å²) in [5.74, 6) is -0.809. The van der Waals surface area contributed by atoms with Crippen molar-refractivity contribution < 1.29 is 9.18 Å². The zero-order chi connectivity index (χ0) is 13.8. The number of benzene rings is 1. The molecule has 0 atom stereocenters. The molecule has 5 heteroatoms. The van der Waals surface area contributed by atoms with E-state index in [1.807, 2.05) is 24.4 Å². The highest BCUT2D eigenvalue weighted by Gasteiger charge is 2.18. The molecule has 0 radical (unpaired) electrons. The Labute approximate surface area is 121 Å². The monoisotopic (exact) mass is 295 g/mol. The maximum atomic E-state index is 13.7. The first-order valence-electron chi connectivity index (χ1n) is 5.92. The quantitative estimate of drug-likeness (QED) is 0.850. The summed E-state index contributed by atoms with van der Waals surface area (Å²) in [6.07, 6.45) is 0. The number of hydrogen-bond acceptors (Lipinski definition) is 3. The van der Waals surface area contributed by atoms with Crippen LogP contribution in [0.4, 0.5) is 4.39 Å². The van der Waals surface area contributed by atoms with Crippen LogP contribution in [0.3, 0.4) is 0 Å². The molecule has 19 heavy (non-hydrogen) atoms. The molecule has 2 rings (SSSR count). The predicted molar refractivity (Wildman–Crippen MR) is 78.4 cm³/mol. The van der Waals surface area contributed by atoms with E-state index < -0.39 is 5.82 Å². The Morgan fingerprint density at radius 1 is 1.42 bits per heavy atom. The second-order valence-electron chi connectivity index (χ2n) is 4.06. The van der Waals surface area contributed by atoms with Crippen molar-refractivity contribution >= 4 is 29.9 Å². The molecule has 0 fully saturated rings. The second kappa shape index (κ2) is 6.21. The van der Waals surface area contributed by atoms with Crippen LogP contribution in [0.2, 0.25) is 0 Å². The molecule has 0 unspecified atom stereocenters. The molecule has 0 saturated heterocycles. The number of carbonyl (C=O) groups is 1. The first-order valence-corrected chi connectivity index (χ1v) is 7.24. The summed E-state index contributed by atoms with van der Waals surface area (Å²) in [7, 11) is 0. The Morgan fingerprint density at radius 3 is 2.84 bits per heavy atom. The zero-order valence-electron chi connectivity index (χ0n) is 10.5. The minimum absolute atomic E-state index is 0.0749. The second-order valence-corrected chi connectivity index (χ2v) is 5.61. The van der Waals surface area contributed by atoms with Crippen LogP contribution in [0.1, 0.15) is 22.2 Å². The van der Waals surface area contributed by atoms with Gasteiger partial charge in [-0.15, -0.1) is 24.0 Å². The molecule has 0 spiro atoms. The zero-order valence-corrected chi connectivity index (χ0v) is 12.2. The molecule has 1 amide bonds. The first-order chi connectivity index (χ1) is 9.11. The van der Waals surface area contributed by atoms with Crippen LogP contribution < -0.4 is 0 Å². The van der Waals surface area contributed by atoms with Crippen molar-refractivity contribution in [2.24, 2.45) is 0 Å². The van der Waals surface area contributed by atoms with Gasteiger partial charge in [-0.05, 0) is 36.6 Å². The third-order valence-electron chi connectivity index (χ3n) is 2.78. The number of amides is 1. The molecule has 1 heterocycles. The third-order valence-corrected chi connectivity index (χ3v) is 3.92. The lowest BCUT2D eigenvalue weighted by atomic mass is 10.2. The number of nitrogens with zero attached hydrogens (tertiary/aromatic N) is 1. The highest BCUT2D eigenvalue weighted by molar-refractivity contribution is 7.80. The standard InChI is InChI=1S/C14H14FNOS2/c1-2-16(9-11-4-3-7-19-11)14(17)12-8-10(18)5-6-13(12)15/h3-8,18H,2,9H2,1H3. The molecular weight excluding hydrogens is 281 g/mol. The fourth-order valence-electron chi connectivity index (χ4n) is 1.77. The van der Waals surface area contributed by atoms with Gasteiger partial charge < -0.3 is 4.90 Å². The van der Waals surface area contributed by atoms with Gasteiger partial charge in [-0.25, -0.2) is 4.39 Å². The van der Waals surface area contributed by atoms with Crippen LogP contribution in [0.25, 0.3) is 0 Å². The van der Waals surface area contributed by atoms with E-state index in [4.69, 9.17) is 0 Å². The molecule has 0 aliphatic heterocycles. The fraction of sp³-hybridized carbons (Fsp3) is 0.214. The van der Waals surface area contributed by atoms with Crippen molar-refractivity contribution in [1.82, 2.24) is 4.90 Å². The highest BCUT2D eigenvalue weighted by atomic mass is 32.1. The molecule has 0 saturated carbocycles. The number of thiol groups is 1. The van der Waals surface area contributed by atoms with E-state index in [9.17, 15) is 9.18 Å². The van der Waals surface area contributed by atoms with Gasteiger partial charge in [0.15, 0.2) is 0 Å². The Hall–Kier alpha value is -1.33. The van der Waals surface area contributed by atoms with Crippen LogP contribution in [0, 0.1) is 5.82 Å². The lowest BCUT2D eigenvalue weighted by Gasteiger charge is -2.20. The topological polar surface area (TPSA) is 20.3 Å². The van der Waals surface area contributed by atoms with Gasteiger partial charge in [-0.3, -0.25) is 4.79 Å². The number of thiophene rings is 1. The van der Waals surface area contributed by atoms with Gasteiger partial charge in [0, 0.05) is 16.3 Å². The minimum Gasteiger partial charge on any atom is -0.334 e. The highest BCUT2D eigenvalue weighted by Crippen LogP contribution is 2.18. The molecule has 0 bridgehead atoms. The van der Waals surface area contributed by atoms with E-state index in [2.05, 4.69) is 12.6 Å². The molecule has 0 aliphatic rings. The fourth-order valence-corrected chi connectivity index (χ4v) is 2.69. The summed E-state index contributed by atoms with van der Waals surface area (Å²) >= 11 is 5.73. The van der Waals surface area contributed by atoms with Gasteiger partial charge in [0.25, 0.3) is 5.91 Å². The van der Waals surface area contributed by atoms with Crippen LogP contribution in [0.15, 0.2) is 40.6 Å². The van der Waals surface area contributed by atoms with Gasteiger partial charge in [0.05, 0.1) is 12.1 Å². The molecule has 0 N–H and O–H groups in total. The number of halogens is 1. The van der Waals surface area contributed by atoms with Crippen molar-refractivity contribution in [3.8, 4) is 0 Å².